The second kappa shape index (κ2) is 4.67. The Hall–Kier alpha value is -1.69. The van der Waals surface area contributed by atoms with Gasteiger partial charge in [-0.1, -0.05) is 21.1 Å². The van der Waals surface area contributed by atoms with Crippen molar-refractivity contribution in [2.75, 3.05) is 0 Å². The van der Waals surface area contributed by atoms with Crippen LogP contribution in [0.25, 0.3) is 5.69 Å². The van der Waals surface area contributed by atoms with Crippen LogP contribution in [0, 0.1) is 0 Å². The van der Waals surface area contributed by atoms with Crippen molar-refractivity contribution in [3.63, 3.8) is 0 Å². The summed E-state index contributed by atoms with van der Waals surface area (Å²) in [5, 5.41) is 16.7. The summed E-state index contributed by atoms with van der Waals surface area (Å²) in [5.74, 6) is -1.54. The molecule has 0 fully saturated rings. The third kappa shape index (κ3) is 2.36. The molecule has 0 spiro atoms. The van der Waals surface area contributed by atoms with Gasteiger partial charge in [-0.05, 0) is 31.2 Å². The van der Waals surface area contributed by atoms with Crippen LogP contribution in [0.1, 0.15) is 18.5 Å². The predicted molar refractivity (Wildman–Crippen MR) is 65.1 cm³/mol. The van der Waals surface area contributed by atoms with Gasteiger partial charge in [0.15, 0.2) is 0 Å². The number of hydrogen-bond acceptors (Lipinski definition) is 3. The van der Waals surface area contributed by atoms with Gasteiger partial charge < -0.3 is 5.11 Å². The van der Waals surface area contributed by atoms with E-state index in [4.69, 9.17) is 5.11 Å². The minimum absolute atomic E-state index is 0.555. The number of nitrogens with zero attached hydrogens (tertiary/aromatic N) is 3. The number of carbonyl (C=O) groups is 1. The molecule has 17 heavy (non-hydrogen) atoms. The SMILES string of the molecule is CC(C(=O)O)c1cnnn1-c1ccc(Br)cc1. The number of carboxylic acids is 1. The van der Waals surface area contributed by atoms with Crippen LogP contribution in [0.5, 0.6) is 0 Å². The summed E-state index contributed by atoms with van der Waals surface area (Å²) < 4.78 is 2.49. The van der Waals surface area contributed by atoms with Crippen LogP contribution in [-0.4, -0.2) is 26.1 Å². The van der Waals surface area contributed by atoms with Crippen LogP contribution in [-0.2, 0) is 4.79 Å². The van der Waals surface area contributed by atoms with E-state index in [9.17, 15) is 4.79 Å². The van der Waals surface area contributed by atoms with Crippen LogP contribution in [0.15, 0.2) is 34.9 Å². The zero-order valence-electron chi connectivity index (χ0n) is 9.04. The smallest absolute Gasteiger partial charge is 0.312 e. The Kier molecular flexibility index (Phi) is 3.23. The van der Waals surface area contributed by atoms with E-state index in [1.165, 1.54) is 10.9 Å². The van der Waals surface area contributed by atoms with E-state index in [0.717, 1.165) is 10.2 Å². The molecule has 0 radical (unpaired) electrons. The Morgan fingerprint density at radius 2 is 2.06 bits per heavy atom. The lowest BCUT2D eigenvalue weighted by molar-refractivity contribution is -0.138. The number of rotatable bonds is 3. The first kappa shape index (κ1) is 11.8. The molecular formula is C11H10BrN3O2. The summed E-state index contributed by atoms with van der Waals surface area (Å²) in [4.78, 5) is 11.0. The lowest BCUT2D eigenvalue weighted by Crippen LogP contribution is -2.13. The third-order valence-electron chi connectivity index (χ3n) is 2.46. The first-order valence-corrected chi connectivity index (χ1v) is 5.78. The van der Waals surface area contributed by atoms with Crippen LogP contribution >= 0.6 is 15.9 Å². The summed E-state index contributed by atoms with van der Waals surface area (Å²) in [6, 6.07) is 7.42. The molecule has 1 atom stereocenters. The van der Waals surface area contributed by atoms with Gasteiger partial charge in [0.2, 0.25) is 0 Å². The quantitative estimate of drug-likeness (QED) is 0.943. The van der Waals surface area contributed by atoms with Crippen molar-refractivity contribution >= 4 is 21.9 Å². The molecule has 1 heterocycles. The number of aromatic nitrogens is 3. The second-order valence-electron chi connectivity index (χ2n) is 3.61. The van der Waals surface area contributed by atoms with Gasteiger partial charge in [-0.2, -0.15) is 0 Å². The Bertz CT molecular complexity index is 536. The van der Waals surface area contributed by atoms with Gasteiger partial charge in [0.25, 0.3) is 0 Å². The first-order valence-electron chi connectivity index (χ1n) is 4.99. The molecule has 2 rings (SSSR count). The van der Waals surface area contributed by atoms with E-state index in [0.29, 0.717) is 5.69 Å². The molecule has 0 aliphatic carbocycles. The zero-order valence-corrected chi connectivity index (χ0v) is 10.6. The minimum Gasteiger partial charge on any atom is -0.481 e. The van der Waals surface area contributed by atoms with Crippen LogP contribution in [0.2, 0.25) is 0 Å². The van der Waals surface area contributed by atoms with Crippen molar-refractivity contribution in [3.8, 4) is 5.69 Å². The molecule has 5 nitrogen and oxygen atoms in total. The molecule has 1 aromatic carbocycles. The molecule has 0 saturated heterocycles. The van der Waals surface area contributed by atoms with Crippen LogP contribution < -0.4 is 0 Å². The second-order valence-corrected chi connectivity index (χ2v) is 4.52. The maximum atomic E-state index is 11.0. The molecule has 0 bridgehead atoms. The topological polar surface area (TPSA) is 68.0 Å². The van der Waals surface area contributed by atoms with E-state index >= 15 is 0 Å². The minimum atomic E-state index is -0.898. The summed E-state index contributed by atoms with van der Waals surface area (Å²) in [6.07, 6.45) is 1.47. The van der Waals surface area contributed by atoms with Gasteiger partial charge in [-0.15, -0.1) is 5.10 Å². The molecule has 1 aromatic heterocycles. The summed E-state index contributed by atoms with van der Waals surface area (Å²) in [5.41, 5.74) is 1.34. The Morgan fingerprint density at radius 3 is 2.65 bits per heavy atom. The Balaban J connectivity index is 2.43. The summed E-state index contributed by atoms with van der Waals surface area (Å²) >= 11 is 3.34. The van der Waals surface area contributed by atoms with Gasteiger partial charge in [0, 0.05) is 4.47 Å². The van der Waals surface area contributed by atoms with Gasteiger partial charge in [-0.3, -0.25) is 4.79 Å². The fourth-order valence-electron chi connectivity index (χ4n) is 1.45. The maximum absolute atomic E-state index is 11.0. The Labute approximate surface area is 106 Å². The first-order chi connectivity index (χ1) is 8.09. The molecule has 2 aromatic rings. The summed E-state index contributed by atoms with van der Waals surface area (Å²) in [7, 11) is 0. The van der Waals surface area contributed by atoms with E-state index in [2.05, 4.69) is 26.2 Å². The van der Waals surface area contributed by atoms with Gasteiger partial charge >= 0.3 is 5.97 Å². The van der Waals surface area contributed by atoms with Crippen LogP contribution in [0.4, 0.5) is 0 Å². The zero-order chi connectivity index (χ0) is 12.4. The lowest BCUT2D eigenvalue weighted by atomic mass is 10.1. The highest BCUT2D eigenvalue weighted by molar-refractivity contribution is 9.10. The van der Waals surface area contributed by atoms with E-state index in [1.807, 2.05) is 24.3 Å². The molecule has 88 valence electrons. The Morgan fingerprint density at radius 1 is 1.41 bits per heavy atom. The molecule has 0 amide bonds. The van der Waals surface area contributed by atoms with Crippen molar-refractivity contribution in [2.24, 2.45) is 0 Å². The molecule has 1 N–H and O–H groups in total. The molecule has 1 unspecified atom stereocenters. The number of carboxylic acid groups (broad SMARTS) is 1. The highest BCUT2D eigenvalue weighted by Crippen LogP contribution is 2.19. The largest absolute Gasteiger partial charge is 0.481 e. The fourth-order valence-corrected chi connectivity index (χ4v) is 1.71. The highest BCUT2D eigenvalue weighted by atomic mass is 79.9. The fraction of sp³-hybridized carbons (Fsp3) is 0.182. The molecule has 0 aliphatic rings. The third-order valence-corrected chi connectivity index (χ3v) is 2.99. The van der Waals surface area contributed by atoms with Crippen LogP contribution in [0.3, 0.4) is 0 Å². The van der Waals surface area contributed by atoms with E-state index < -0.39 is 11.9 Å². The highest BCUT2D eigenvalue weighted by Gasteiger charge is 2.19. The van der Waals surface area contributed by atoms with E-state index in [-0.39, 0.29) is 0 Å². The van der Waals surface area contributed by atoms with E-state index in [1.54, 1.807) is 6.92 Å². The average Bonchev–Trinajstić information content (AvgIpc) is 2.77. The van der Waals surface area contributed by atoms with Gasteiger partial charge in [0.1, 0.15) is 0 Å². The number of benzene rings is 1. The molecule has 6 heteroatoms. The maximum Gasteiger partial charge on any atom is 0.312 e. The number of aliphatic carboxylic acids is 1. The van der Waals surface area contributed by atoms with Crippen molar-refractivity contribution in [2.45, 2.75) is 12.8 Å². The van der Waals surface area contributed by atoms with Crippen molar-refractivity contribution in [1.29, 1.82) is 0 Å². The average molecular weight is 296 g/mol. The standard InChI is InChI=1S/C11H10BrN3O2/c1-7(11(16)17)10-6-13-14-15(10)9-4-2-8(12)3-5-9/h2-7H,1H3,(H,16,17). The monoisotopic (exact) mass is 295 g/mol. The normalized spacial score (nSPS) is 12.4. The van der Waals surface area contributed by atoms with Crippen molar-refractivity contribution in [3.05, 3.63) is 40.6 Å². The number of halogens is 1. The molecule has 0 aliphatic heterocycles. The van der Waals surface area contributed by atoms with Crippen molar-refractivity contribution < 1.29 is 9.90 Å². The number of hydrogen-bond donors (Lipinski definition) is 1. The predicted octanol–water partition coefficient (Wildman–Crippen LogP) is 2.22. The molecular weight excluding hydrogens is 286 g/mol. The van der Waals surface area contributed by atoms with Gasteiger partial charge in [0.05, 0.1) is 23.5 Å². The summed E-state index contributed by atoms with van der Waals surface area (Å²) in [6.45, 7) is 1.61. The van der Waals surface area contributed by atoms with Gasteiger partial charge in [-0.25, -0.2) is 4.68 Å². The molecule has 0 saturated carbocycles. The van der Waals surface area contributed by atoms with Crippen molar-refractivity contribution in [1.82, 2.24) is 15.0 Å². The lowest BCUT2D eigenvalue weighted by Gasteiger charge is -2.09.